The second kappa shape index (κ2) is 9.54. The lowest BCUT2D eigenvalue weighted by molar-refractivity contribution is 0.0949. The van der Waals surface area contributed by atoms with Crippen molar-refractivity contribution in [3.63, 3.8) is 0 Å². The molecule has 0 saturated carbocycles. The first-order chi connectivity index (χ1) is 14.1. The van der Waals surface area contributed by atoms with Gasteiger partial charge < -0.3 is 20.1 Å². The average molecular weight is 392 g/mol. The zero-order chi connectivity index (χ0) is 20.6. The maximum Gasteiger partial charge on any atom is 0.270 e. The highest BCUT2D eigenvalue weighted by molar-refractivity contribution is 5.92. The first-order valence-corrected chi connectivity index (χ1v) is 9.25. The molecular weight excluding hydrogens is 368 g/mol. The van der Waals surface area contributed by atoms with Crippen LogP contribution in [0.5, 0.6) is 11.5 Å². The summed E-state index contributed by atoms with van der Waals surface area (Å²) < 4.78 is 10.5. The molecule has 0 aliphatic rings. The van der Waals surface area contributed by atoms with E-state index in [1.165, 1.54) is 0 Å². The summed E-state index contributed by atoms with van der Waals surface area (Å²) in [6.45, 7) is 2.46. The minimum absolute atomic E-state index is 0.249. The second-order valence-electron chi connectivity index (χ2n) is 6.40. The molecule has 1 heterocycles. The van der Waals surface area contributed by atoms with Gasteiger partial charge in [0, 0.05) is 18.4 Å². The van der Waals surface area contributed by atoms with Gasteiger partial charge >= 0.3 is 0 Å². The summed E-state index contributed by atoms with van der Waals surface area (Å²) in [5.41, 5.74) is 3.32. The minimum Gasteiger partial charge on any atom is -0.493 e. The Bertz CT molecular complexity index is 991. The van der Waals surface area contributed by atoms with E-state index in [1.807, 2.05) is 49.4 Å². The zero-order valence-electron chi connectivity index (χ0n) is 16.7. The zero-order valence-corrected chi connectivity index (χ0v) is 16.7. The van der Waals surface area contributed by atoms with Crippen LogP contribution in [0.25, 0.3) is 0 Å². The molecule has 7 nitrogen and oxygen atoms in total. The Morgan fingerprint density at radius 1 is 1.03 bits per heavy atom. The van der Waals surface area contributed by atoms with Crippen LogP contribution in [0, 0.1) is 6.92 Å². The highest BCUT2D eigenvalue weighted by atomic mass is 16.5. The van der Waals surface area contributed by atoms with Gasteiger partial charge in [0.1, 0.15) is 5.69 Å². The van der Waals surface area contributed by atoms with E-state index in [9.17, 15) is 4.79 Å². The van der Waals surface area contributed by atoms with Gasteiger partial charge in [-0.3, -0.25) is 4.79 Å². The van der Waals surface area contributed by atoms with Gasteiger partial charge in [-0.2, -0.15) is 0 Å². The fraction of sp³-hybridized carbons (Fsp3) is 0.227. The maximum absolute atomic E-state index is 12.5. The van der Waals surface area contributed by atoms with Gasteiger partial charge in [0.15, 0.2) is 11.5 Å². The molecule has 0 spiro atoms. The number of hydrogen-bond acceptors (Lipinski definition) is 6. The average Bonchev–Trinajstić information content (AvgIpc) is 2.75. The molecule has 1 aromatic heterocycles. The third-order valence-electron chi connectivity index (χ3n) is 4.43. The number of aryl methyl sites for hydroxylation is 1. The van der Waals surface area contributed by atoms with E-state index in [4.69, 9.17) is 9.47 Å². The van der Waals surface area contributed by atoms with E-state index in [2.05, 4.69) is 20.6 Å². The van der Waals surface area contributed by atoms with Crippen molar-refractivity contribution in [3.8, 4) is 11.5 Å². The molecule has 0 radical (unpaired) electrons. The van der Waals surface area contributed by atoms with Crippen LogP contribution < -0.4 is 20.1 Å². The Morgan fingerprint density at radius 2 is 1.83 bits per heavy atom. The van der Waals surface area contributed by atoms with E-state index in [0.717, 1.165) is 16.8 Å². The summed E-state index contributed by atoms with van der Waals surface area (Å²) in [6, 6.07) is 15.1. The SMILES string of the molecule is COc1ccc(CCNC(=O)c2ccnc(Nc3ccccc3C)n2)cc1OC. The van der Waals surface area contributed by atoms with Crippen LogP contribution in [-0.4, -0.2) is 36.6 Å². The van der Waals surface area contributed by atoms with Gasteiger partial charge in [-0.25, -0.2) is 9.97 Å². The standard InChI is InChI=1S/C22H24N4O3/c1-15-6-4-5-7-17(15)25-22-24-13-11-18(26-22)21(27)23-12-10-16-8-9-19(28-2)20(14-16)29-3/h4-9,11,13-14H,10,12H2,1-3H3,(H,23,27)(H,24,25,26). The number of amides is 1. The van der Waals surface area contributed by atoms with Crippen LogP contribution in [0.3, 0.4) is 0 Å². The number of rotatable bonds is 8. The van der Waals surface area contributed by atoms with E-state index in [1.54, 1.807) is 26.5 Å². The Kier molecular flexibility index (Phi) is 6.63. The summed E-state index contributed by atoms with van der Waals surface area (Å²) >= 11 is 0. The molecule has 0 atom stereocenters. The number of methoxy groups -OCH3 is 2. The first kappa shape index (κ1) is 20.1. The van der Waals surface area contributed by atoms with Gasteiger partial charge in [-0.05, 0) is 48.7 Å². The van der Waals surface area contributed by atoms with Crippen molar-refractivity contribution in [2.75, 3.05) is 26.1 Å². The van der Waals surface area contributed by atoms with Crippen molar-refractivity contribution in [1.29, 1.82) is 0 Å². The molecule has 3 rings (SSSR count). The highest BCUT2D eigenvalue weighted by Gasteiger charge is 2.10. The molecule has 3 aromatic rings. The van der Waals surface area contributed by atoms with Crippen molar-refractivity contribution in [2.24, 2.45) is 0 Å². The summed E-state index contributed by atoms with van der Waals surface area (Å²) in [6.07, 6.45) is 2.22. The molecule has 0 unspecified atom stereocenters. The highest BCUT2D eigenvalue weighted by Crippen LogP contribution is 2.27. The van der Waals surface area contributed by atoms with Crippen LogP contribution in [0.1, 0.15) is 21.6 Å². The molecule has 29 heavy (non-hydrogen) atoms. The number of aromatic nitrogens is 2. The van der Waals surface area contributed by atoms with Gasteiger partial charge in [-0.1, -0.05) is 24.3 Å². The summed E-state index contributed by atoms with van der Waals surface area (Å²) in [5.74, 6) is 1.47. The Morgan fingerprint density at radius 3 is 2.59 bits per heavy atom. The van der Waals surface area contributed by atoms with Crippen molar-refractivity contribution in [3.05, 3.63) is 71.5 Å². The van der Waals surface area contributed by atoms with Crippen LogP contribution in [-0.2, 0) is 6.42 Å². The monoisotopic (exact) mass is 392 g/mol. The van der Waals surface area contributed by atoms with Crippen molar-refractivity contribution >= 4 is 17.5 Å². The van der Waals surface area contributed by atoms with Crippen molar-refractivity contribution < 1.29 is 14.3 Å². The normalized spacial score (nSPS) is 10.3. The van der Waals surface area contributed by atoms with E-state index >= 15 is 0 Å². The molecule has 7 heteroatoms. The smallest absolute Gasteiger partial charge is 0.270 e. The molecule has 150 valence electrons. The number of nitrogens with zero attached hydrogens (tertiary/aromatic N) is 2. The molecular formula is C22H24N4O3. The molecule has 0 saturated heterocycles. The molecule has 0 aliphatic heterocycles. The largest absolute Gasteiger partial charge is 0.493 e. The topological polar surface area (TPSA) is 85.4 Å². The third-order valence-corrected chi connectivity index (χ3v) is 4.43. The number of ether oxygens (including phenoxy) is 2. The summed E-state index contributed by atoms with van der Waals surface area (Å²) in [4.78, 5) is 21.0. The van der Waals surface area contributed by atoms with E-state index < -0.39 is 0 Å². The lowest BCUT2D eigenvalue weighted by Gasteiger charge is -2.10. The van der Waals surface area contributed by atoms with Crippen LogP contribution >= 0.6 is 0 Å². The molecule has 0 bridgehead atoms. The third kappa shape index (κ3) is 5.22. The summed E-state index contributed by atoms with van der Waals surface area (Å²) in [5, 5.41) is 6.03. The van der Waals surface area contributed by atoms with E-state index in [0.29, 0.717) is 36.1 Å². The predicted octanol–water partition coefficient (Wildman–Crippen LogP) is 3.52. The van der Waals surface area contributed by atoms with Crippen LogP contribution in [0.4, 0.5) is 11.6 Å². The van der Waals surface area contributed by atoms with Gasteiger partial charge in [0.25, 0.3) is 5.91 Å². The molecule has 2 N–H and O–H groups in total. The maximum atomic E-state index is 12.5. The quantitative estimate of drug-likeness (QED) is 0.610. The molecule has 2 aromatic carbocycles. The fourth-order valence-electron chi connectivity index (χ4n) is 2.83. The molecule has 0 aliphatic carbocycles. The number of para-hydroxylation sites is 1. The van der Waals surface area contributed by atoms with Crippen LogP contribution in [0.2, 0.25) is 0 Å². The fourth-order valence-corrected chi connectivity index (χ4v) is 2.83. The van der Waals surface area contributed by atoms with Crippen molar-refractivity contribution in [2.45, 2.75) is 13.3 Å². The number of nitrogens with one attached hydrogen (secondary N) is 2. The van der Waals surface area contributed by atoms with E-state index in [-0.39, 0.29) is 5.91 Å². The Hall–Kier alpha value is -3.61. The van der Waals surface area contributed by atoms with Crippen molar-refractivity contribution in [1.82, 2.24) is 15.3 Å². The minimum atomic E-state index is -0.249. The Balaban J connectivity index is 1.59. The number of carbonyl (C=O) groups excluding carboxylic acids is 1. The van der Waals surface area contributed by atoms with Gasteiger partial charge in [0.05, 0.1) is 14.2 Å². The lowest BCUT2D eigenvalue weighted by Crippen LogP contribution is -2.26. The molecule has 1 amide bonds. The first-order valence-electron chi connectivity index (χ1n) is 9.25. The second-order valence-corrected chi connectivity index (χ2v) is 6.40. The van der Waals surface area contributed by atoms with Crippen LogP contribution in [0.15, 0.2) is 54.7 Å². The van der Waals surface area contributed by atoms with Gasteiger partial charge in [0.2, 0.25) is 5.95 Å². The molecule has 0 fully saturated rings. The number of carbonyl (C=O) groups is 1. The predicted molar refractivity (Wildman–Crippen MR) is 112 cm³/mol. The number of benzene rings is 2. The Labute approximate surface area is 170 Å². The number of anilines is 2. The lowest BCUT2D eigenvalue weighted by atomic mass is 10.1. The van der Waals surface area contributed by atoms with Gasteiger partial charge in [-0.15, -0.1) is 0 Å². The summed E-state index contributed by atoms with van der Waals surface area (Å²) in [7, 11) is 3.20. The number of hydrogen-bond donors (Lipinski definition) is 2.